The number of para-hydroxylation sites is 2. The van der Waals surface area contributed by atoms with Crippen molar-refractivity contribution in [3.63, 3.8) is 0 Å². The number of carbonyl (C=O) groups excluding carboxylic acids is 1. The fourth-order valence-electron chi connectivity index (χ4n) is 2.84. The largest absolute Gasteiger partial charge is 0.330 e. The van der Waals surface area contributed by atoms with Crippen LogP contribution in [0.3, 0.4) is 0 Å². The van der Waals surface area contributed by atoms with Gasteiger partial charge in [0, 0.05) is 24.5 Å². The lowest BCUT2D eigenvalue weighted by molar-refractivity contribution is -0.116. The summed E-state index contributed by atoms with van der Waals surface area (Å²) in [5, 5.41) is 3.93. The molecule has 1 amide bonds. The van der Waals surface area contributed by atoms with Crippen LogP contribution in [0.5, 0.6) is 0 Å². The predicted molar refractivity (Wildman–Crippen MR) is 94.7 cm³/mol. The van der Waals surface area contributed by atoms with Gasteiger partial charge in [0.1, 0.15) is 0 Å². The molecule has 2 aromatic heterocycles. The quantitative estimate of drug-likeness (QED) is 0.625. The van der Waals surface area contributed by atoms with E-state index in [4.69, 9.17) is 0 Å². The van der Waals surface area contributed by atoms with E-state index in [0.717, 1.165) is 27.6 Å². The second kappa shape index (κ2) is 6.12. The van der Waals surface area contributed by atoms with Crippen molar-refractivity contribution in [1.29, 1.82) is 0 Å². The molecule has 118 valence electrons. The molecule has 2 heterocycles. The standard InChI is InChI=1S/C19H16N4O/c24-19(10-12-23-13-21-17-6-1-2-9-18(17)23)22-16-8-3-7-15-14(16)5-4-11-20-15/h1-9,11,13H,10,12H2,(H,22,24). The van der Waals surface area contributed by atoms with E-state index in [2.05, 4.69) is 15.3 Å². The van der Waals surface area contributed by atoms with Gasteiger partial charge in [-0.3, -0.25) is 9.78 Å². The highest BCUT2D eigenvalue weighted by Crippen LogP contribution is 2.21. The van der Waals surface area contributed by atoms with E-state index in [0.29, 0.717) is 13.0 Å². The number of imidazole rings is 1. The summed E-state index contributed by atoms with van der Waals surface area (Å²) in [6.45, 7) is 0.593. The number of nitrogens with zero attached hydrogens (tertiary/aromatic N) is 3. The van der Waals surface area contributed by atoms with Crippen LogP contribution in [0.4, 0.5) is 5.69 Å². The Hall–Kier alpha value is -3.21. The summed E-state index contributed by atoms with van der Waals surface area (Å²) in [5.74, 6) is -0.0239. The third-order valence-corrected chi connectivity index (χ3v) is 4.03. The number of amides is 1. The number of aryl methyl sites for hydroxylation is 1. The molecule has 0 unspecified atom stereocenters. The Morgan fingerprint density at radius 2 is 1.83 bits per heavy atom. The molecule has 1 N–H and O–H groups in total. The topological polar surface area (TPSA) is 59.8 Å². The zero-order chi connectivity index (χ0) is 16.4. The molecule has 4 rings (SSSR count). The smallest absolute Gasteiger partial charge is 0.226 e. The summed E-state index contributed by atoms with van der Waals surface area (Å²) in [5.41, 5.74) is 3.65. The summed E-state index contributed by atoms with van der Waals surface area (Å²) in [7, 11) is 0. The van der Waals surface area contributed by atoms with Gasteiger partial charge in [-0.15, -0.1) is 0 Å². The molecule has 0 atom stereocenters. The third-order valence-electron chi connectivity index (χ3n) is 4.03. The van der Waals surface area contributed by atoms with Crippen LogP contribution >= 0.6 is 0 Å². The number of anilines is 1. The monoisotopic (exact) mass is 316 g/mol. The van der Waals surface area contributed by atoms with Gasteiger partial charge in [-0.25, -0.2) is 4.98 Å². The fraction of sp³-hybridized carbons (Fsp3) is 0.105. The summed E-state index contributed by atoms with van der Waals surface area (Å²) >= 11 is 0. The molecular weight excluding hydrogens is 300 g/mol. The van der Waals surface area contributed by atoms with Crippen LogP contribution < -0.4 is 5.32 Å². The molecule has 0 aliphatic rings. The van der Waals surface area contributed by atoms with Crippen molar-refractivity contribution in [2.45, 2.75) is 13.0 Å². The van der Waals surface area contributed by atoms with E-state index in [-0.39, 0.29) is 5.91 Å². The molecule has 0 fully saturated rings. The molecule has 0 bridgehead atoms. The molecule has 24 heavy (non-hydrogen) atoms. The van der Waals surface area contributed by atoms with Gasteiger partial charge in [0.2, 0.25) is 5.91 Å². The lowest BCUT2D eigenvalue weighted by Gasteiger charge is -2.09. The van der Waals surface area contributed by atoms with Crippen molar-refractivity contribution in [3.05, 3.63) is 67.1 Å². The van der Waals surface area contributed by atoms with Crippen molar-refractivity contribution in [2.24, 2.45) is 0 Å². The molecular formula is C19H16N4O. The van der Waals surface area contributed by atoms with E-state index in [9.17, 15) is 4.79 Å². The van der Waals surface area contributed by atoms with Crippen molar-refractivity contribution in [2.75, 3.05) is 5.32 Å². The van der Waals surface area contributed by atoms with Gasteiger partial charge in [-0.2, -0.15) is 0 Å². The molecule has 0 saturated heterocycles. The number of rotatable bonds is 4. The highest BCUT2D eigenvalue weighted by atomic mass is 16.1. The normalized spacial score (nSPS) is 11.0. The van der Waals surface area contributed by atoms with Crippen molar-refractivity contribution in [1.82, 2.24) is 14.5 Å². The van der Waals surface area contributed by atoms with E-state index in [1.807, 2.05) is 59.2 Å². The van der Waals surface area contributed by atoms with Crippen molar-refractivity contribution >= 4 is 33.5 Å². The number of pyridine rings is 1. The average molecular weight is 316 g/mol. The Morgan fingerprint density at radius 1 is 0.958 bits per heavy atom. The number of benzene rings is 2. The minimum absolute atomic E-state index is 0.0239. The first-order valence-corrected chi connectivity index (χ1v) is 7.85. The Bertz CT molecular complexity index is 1020. The number of aromatic nitrogens is 3. The number of fused-ring (bicyclic) bond motifs is 2. The maximum atomic E-state index is 12.3. The Kier molecular flexibility index (Phi) is 3.67. The average Bonchev–Trinajstić information content (AvgIpc) is 3.04. The van der Waals surface area contributed by atoms with Gasteiger partial charge in [0.05, 0.1) is 28.6 Å². The van der Waals surface area contributed by atoms with Crippen LogP contribution in [0.15, 0.2) is 67.1 Å². The minimum Gasteiger partial charge on any atom is -0.330 e. The van der Waals surface area contributed by atoms with Crippen LogP contribution in [0, 0.1) is 0 Å². The molecule has 0 saturated carbocycles. The third kappa shape index (κ3) is 2.72. The summed E-state index contributed by atoms with van der Waals surface area (Å²) in [4.78, 5) is 21.0. The predicted octanol–water partition coefficient (Wildman–Crippen LogP) is 3.61. The maximum Gasteiger partial charge on any atom is 0.226 e. The maximum absolute atomic E-state index is 12.3. The van der Waals surface area contributed by atoms with E-state index >= 15 is 0 Å². The SMILES string of the molecule is O=C(CCn1cnc2ccccc21)Nc1cccc2ncccc12. The first-order chi connectivity index (χ1) is 11.8. The number of nitrogens with one attached hydrogen (secondary N) is 1. The van der Waals surface area contributed by atoms with Crippen molar-refractivity contribution in [3.8, 4) is 0 Å². The van der Waals surface area contributed by atoms with E-state index in [1.54, 1.807) is 12.5 Å². The highest BCUT2D eigenvalue weighted by Gasteiger charge is 2.08. The number of hydrogen-bond acceptors (Lipinski definition) is 3. The van der Waals surface area contributed by atoms with Crippen molar-refractivity contribution < 1.29 is 4.79 Å². The van der Waals surface area contributed by atoms with Crippen LogP contribution in [0.1, 0.15) is 6.42 Å². The zero-order valence-corrected chi connectivity index (χ0v) is 13.0. The number of carbonyl (C=O) groups is 1. The van der Waals surface area contributed by atoms with E-state index < -0.39 is 0 Å². The van der Waals surface area contributed by atoms with Crippen LogP contribution in [-0.2, 0) is 11.3 Å². The molecule has 2 aromatic carbocycles. The molecule has 0 aliphatic carbocycles. The van der Waals surface area contributed by atoms with E-state index in [1.165, 1.54) is 0 Å². The van der Waals surface area contributed by atoms with Gasteiger partial charge in [0.15, 0.2) is 0 Å². The van der Waals surface area contributed by atoms with Crippen LogP contribution in [0.25, 0.3) is 21.9 Å². The highest BCUT2D eigenvalue weighted by molar-refractivity contribution is 6.00. The van der Waals surface area contributed by atoms with Gasteiger partial charge >= 0.3 is 0 Å². The van der Waals surface area contributed by atoms with Gasteiger partial charge in [-0.1, -0.05) is 18.2 Å². The first-order valence-electron chi connectivity index (χ1n) is 7.85. The van der Waals surface area contributed by atoms with Gasteiger partial charge in [-0.05, 0) is 36.4 Å². The minimum atomic E-state index is -0.0239. The Labute approximate surface area is 139 Å². The Morgan fingerprint density at radius 3 is 2.79 bits per heavy atom. The molecule has 5 heteroatoms. The number of hydrogen-bond donors (Lipinski definition) is 1. The van der Waals surface area contributed by atoms with Crippen LogP contribution in [-0.4, -0.2) is 20.4 Å². The Balaban J connectivity index is 1.48. The summed E-state index contributed by atoms with van der Waals surface area (Å²) in [6.07, 6.45) is 3.91. The molecule has 0 radical (unpaired) electrons. The lowest BCUT2D eigenvalue weighted by atomic mass is 10.2. The second-order valence-corrected chi connectivity index (χ2v) is 5.60. The fourth-order valence-corrected chi connectivity index (χ4v) is 2.84. The zero-order valence-electron chi connectivity index (χ0n) is 13.0. The van der Waals surface area contributed by atoms with Crippen LogP contribution in [0.2, 0.25) is 0 Å². The molecule has 4 aromatic rings. The second-order valence-electron chi connectivity index (χ2n) is 5.60. The summed E-state index contributed by atoms with van der Waals surface area (Å²) in [6, 6.07) is 17.5. The summed E-state index contributed by atoms with van der Waals surface area (Å²) < 4.78 is 2.00. The molecule has 0 spiro atoms. The van der Waals surface area contributed by atoms with Gasteiger partial charge in [0.25, 0.3) is 0 Å². The molecule has 0 aliphatic heterocycles. The van der Waals surface area contributed by atoms with Gasteiger partial charge < -0.3 is 9.88 Å². The lowest BCUT2D eigenvalue weighted by Crippen LogP contribution is -2.14. The first kappa shape index (κ1) is 14.4. The molecule has 5 nitrogen and oxygen atoms in total.